The van der Waals surface area contributed by atoms with Crippen molar-refractivity contribution >= 4 is 5.69 Å². The lowest BCUT2D eigenvalue weighted by Crippen LogP contribution is -2.38. The van der Waals surface area contributed by atoms with Gasteiger partial charge in [-0.15, -0.1) is 0 Å². The van der Waals surface area contributed by atoms with E-state index >= 15 is 0 Å². The summed E-state index contributed by atoms with van der Waals surface area (Å²) in [6.07, 6.45) is 0.793. The molecule has 0 amide bonds. The van der Waals surface area contributed by atoms with Crippen molar-refractivity contribution < 1.29 is 9.78 Å². The van der Waals surface area contributed by atoms with Gasteiger partial charge < -0.3 is 4.90 Å². The van der Waals surface area contributed by atoms with Crippen molar-refractivity contribution in [1.82, 2.24) is 0 Å². The molecule has 1 aliphatic heterocycles. The predicted molar refractivity (Wildman–Crippen MR) is 93.3 cm³/mol. The van der Waals surface area contributed by atoms with Crippen LogP contribution in [0.4, 0.5) is 5.69 Å². The smallest absolute Gasteiger partial charge is 0.191 e. The zero-order valence-corrected chi connectivity index (χ0v) is 14.4. The first-order valence-corrected chi connectivity index (χ1v) is 8.20. The second-order valence-electron chi connectivity index (χ2n) is 7.12. The van der Waals surface area contributed by atoms with Crippen LogP contribution in [0, 0.1) is 6.92 Å². The van der Waals surface area contributed by atoms with Crippen LogP contribution >= 0.6 is 0 Å². The number of rotatable bonds is 3. The van der Waals surface area contributed by atoms with E-state index < -0.39 is 0 Å². The Balaban J connectivity index is 1.93. The molecule has 3 rings (SSSR count). The summed E-state index contributed by atoms with van der Waals surface area (Å²) in [5.74, 6) is 0. The molecule has 23 heavy (non-hydrogen) atoms. The average molecular weight is 311 g/mol. The molecule has 1 atom stereocenters. The highest BCUT2D eigenvalue weighted by atomic mass is 17.2. The molecular weight excluding hydrogens is 286 g/mol. The summed E-state index contributed by atoms with van der Waals surface area (Å²) in [5, 5.41) is 0. The third-order valence-electron chi connectivity index (χ3n) is 3.98. The van der Waals surface area contributed by atoms with Gasteiger partial charge in [-0.3, -0.25) is 0 Å². The highest BCUT2D eigenvalue weighted by Crippen LogP contribution is 2.35. The zero-order valence-electron chi connectivity index (χ0n) is 14.4. The van der Waals surface area contributed by atoms with Crippen LogP contribution in [0.1, 0.15) is 43.7 Å². The Bertz CT molecular complexity index is 658. The van der Waals surface area contributed by atoms with Gasteiger partial charge in [0, 0.05) is 17.8 Å². The molecular formula is C20H25NO2. The molecule has 1 aliphatic rings. The summed E-state index contributed by atoms with van der Waals surface area (Å²) in [6.45, 7) is 9.01. The van der Waals surface area contributed by atoms with Gasteiger partial charge in [-0.2, -0.15) is 0 Å². The minimum absolute atomic E-state index is 0.220. The maximum absolute atomic E-state index is 5.90. The van der Waals surface area contributed by atoms with Crippen LogP contribution in [-0.2, 0) is 16.2 Å². The fraction of sp³-hybridized carbons (Fsp3) is 0.400. The Morgan fingerprint density at radius 1 is 1.00 bits per heavy atom. The van der Waals surface area contributed by atoms with Gasteiger partial charge in [0.2, 0.25) is 0 Å². The number of hydrogen-bond donors (Lipinski definition) is 0. The minimum atomic E-state index is -0.342. The van der Waals surface area contributed by atoms with Crippen molar-refractivity contribution in [2.24, 2.45) is 0 Å². The van der Waals surface area contributed by atoms with Gasteiger partial charge in [-0.05, 0) is 51.8 Å². The van der Waals surface area contributed by atoms with Gasteiger partial charge in [0.05, 0.1) is 5.60 Å². The van der Waals surface area contributed by atoms with E-state index in [0.29, 0.717) is 0 Å². The van der Waals surface area contributed by atoms with Crippen molar-refractivity contribution in [3.63, 3.8) is 0 Å². The van der Waals surface area contributed by atoms with Crippen molar-refractivity contribution in [2.45, 2.75) is 45.9 Å². The molecule has 0 bridgehead atoms. The maximum atomic E-state index is 5.90. The number of aryl methyl sites for hydroxylation is 1. The summed E-state index contributed by atoms with van der Waals surface area (Å²) in [4.78, 5) is 13.8. The van der Waals surface area contributed by atoms with E-state index in [1.54, 1.807) is 0 Å². The van der Waals surface area contributed by atoms with Gasteiger partial charge in [-0.1, -0.05) is 42.0 Å². The van der Waals surface area contributed by atoms with Gasteiger partial charge >= 0.3 is 0 Å². The van der Waals surface area contributed by atoms with E-state index in [0.717, 1.165) is 18.7 Å². The number of anilines is 1. The molecule has 2 aromatic carbocycles. The lowest BCUT2D eigenvalue weighted by molar-refractivity contribution is -0.376. The van der Waals surface area contributed by atoms with Crippen LogP contribution in [-0.4, -0.2) is 12.1 Å². The topological polar surface area (TPSA) is 21.7 Å². The lowest BCUT2D eigenvalue weighted by Gasteiger charge is -2.38. The molecule has 0 spiro atoms. The molecule has 0 saturated carbocycles. The molecule has 0 N–H and O–H groups in total. The fourth-order valence-corrected chi connectivity index (χ4v) is 2.82. The number of benzene rings is 2. The first-order valence-electron chi connectivity index (χ1n) is 8.20. The molecule has 1 heterocycles. The first-order chi connectivity index (χ1) is 10.9. The molecule has 3 nitrogen and oxygen atoms in total. The SMILES string of the molecule is Cc1ccc(N2CCc3ccccc3C2OOC(C)(C)C)cc1. The monoisotopic (exact) mass is 311 g/mol. The largest absolute Gasteiger partial charge is 0.340 e. The zero-order chi connectivity index (χ0) is 16.4. The normalized spacial score (nSPS) is 17.9. The average Bonchev–Trinajstić information content (AvgIpc) is 2.52. The van der Waals surface area contributed by atoms with Crippen LogP contribution in [0.5, 0.6) is 0 Å². The van der Waals surface area contributed by atoms with Gasteiger partial charge in [0.1, 0.15) is 0 Å². The van der Waals surface area contributed by atoms with Crippen LogP contribution in [0.15, 0.2) is 48.5 Å². The van der Waals surface area contributed by atoms with Crippen molar-refractivity contribution in [3.8, 4) is 0 Å². The van der Waals surface area contributed by atoms with E-state index in [2.05, 4.69) is 60.4 Å². The summed E-state index contributed by atoms with van der Waals surface area (Å²) in [5.41, 5.74) is 4.59. The van der Waals surface area contributed by atoms with Crippen molar-refractivity contribution in [2.75, 3.05) is 11.4 Å². The number of fused-ring (bicyclic) bond motifs is 1. The molecule has 0 radical (unpaired) electrons. The first kappa shape index (κ1) is 16.0. The Hall–Kier alpha value is -1.84. The quantitative estimate of drug-likeness (QED) is 0.600. The summed E-state index contributed by atoms with van der Waals surface area (Å²) in [7, 11) is 0. The molecule has 122 valence electrons. The molecule has 3 heteroatoms. The van der Waals surface area contributed by atoms with Gasteiger partial charge in [-0.25, -0.2) is 9.78 Å². The van der Waals surface area contributed by atoms with Crippen LogP contribution in [0.25, 0.3) is 0 Å². The van der Waals surface area contributed by atoms with Crippen LogP contribution in [0.3, 0.4) is 0 Å². The predicted octanol–water partition coefficient (Wildman–Crippen LogP) is 4.80. The molecule has 0 fully saturated rings. The van der Waals surface area contributed by atoms with Gasteiger partial charge in [0.25, 0.3) is 0 Å². The third kappa shape index (κ3) is 3.74. The molecule has 1 unspecified atom stereocenters. The van der Waals surface area contributed by atoms with E-state index in [-0.39, 0.29) is 11.8 Å². The van der Waals surface area contributed by atoms with E-state index in [9.17, 15) is 0 Å². The lowest BCUT2D eigenvalue weighted by atomic mass is 9.97. The van der Waals surface area contributed by atoms with Crippen molar-refractivity contribution in [3.05, 3.63) is 65.2 Å². The Kier molecular flexibility index (Phi) is 4.42. The molecule has 0 aromatic heterocycles. The summed E-state index contributed by atoms with van der Waals surface area (Å²) >= 11 is 0. The fourth-order valence-electron chi connectivity index (χ4n) is 2.82. The number of nitrogens with zero attached hydrogens (tertiary/aromatic N) is 1. The maximum Gasteiger partial charge on any atom is 0.191 e. The van der Waals surface area contributed by atoms with E-state index in [4.69, 9.17) is 9.78 Å². The standard InChI is InChI=1S/C20H25NO2/c1-15-9-11-17(12-10-15)21-14-13-16-7-5-6-8-18(16)19(21)22-23-20(2,3)4/h5-12,19H,13-14H2,1-4H3. The second-order valence-corrected chi connectivity index (χ2v) is 7.12. The Morgan fingerprint density at radius 3 is 2.39 bits per heavy atom. The van der Waals surface area contributed by atoms with E-state index in [1.807, 2.05) is 20.8 Å². The van der Waals surface area contributed by atoms with Crippen LogP contribution in [0.2, 0.25) is 0 Å². The third-order valence-corrected chi connectivity index (χ3v) is 3.98. The van der Waals surface area contributed by atoms with Crippen LogP contribution < -0.4 is 4.90 Å². The van der Waals surface area contributed by atoms with Gasteiger partial charge in [0.15, 0.2) is 6.23 Å². The Morgan fingerprint density at radius 2 is 1.70 bits per heavy atom. The highest BCUT2D eigenvalue weighted by molar-refractivity contribution is 5.52. The molecule has 0 saturated heterocycles. The second kappa shape index (κ2) is 6.34. The summed E-state index contributed by atoms with van der Waals surface area (Å²) < 4.78 is 0. The molecule has 0 aliphatic carbocycles. The van der Waals surface area contributed by atoms with E-state index in [1.165, 1.54) is 16.7 Å². The molecule has 2 aromatic rings. The number of hydrogen-bond acceptors (Lipinski definition) is 3. The minimum Gasteiger partial charge on any atom is -0.340 e. The highest BCUT2D eigenvalue weighted by Gasteiger charge is 2.30. The summed E-state index contributed by atoms with van der Waals surface area (Å²) in [6, 6.07) is 17.0. The Labute approximate surface area is 138 Å². The van der Waals surface area contributed by atoms with Crippen molar-refractivity contribution in [1.29, 1.82) is 0 Å².